The molecule has 0 bridgehead atoms. The first-order valence-electron chi connectivity index (χ1n) is 6.26. The normalized spacial score (nSPS) is 21.1. The maximum atomic E-state index is 5.64. The van der Waals surface area contributed by atoms with Crippen LogP contribution in [0.15, 0.2) is 24.3 Å². The van der Waals surface area contributed by atoms with Crippen LogP contribution in [0.5, 0.6) is 5.75 Å². The minimum atomic E-state index is 0.249. The van der Waals surface area contributed by atoms with E-state index in [2.05, 4.69) is 43.4 Å². The Labute approximate surface area is 98.0 Å². The third-order valence-electron chi connectivity index (χ3n) is 2.96. The number of rotatable bonds is 3. The molecule has 1 N–H and O–H groups in total. The zero-order valence-electron chi connectivity index (χ0n) is 10.2. The molecular formula is C14H21NO. The van der Waals surface area contributed by atoms with Crippen LogP contribution in [0.1, 0.15) is 44.7 Å². The number of hydrogen-bond acceptors (Lipinski definition) is 2. The van der Waals surface area contributed by atoms with E-state index in [1.165, 1.54) is 24.8 Å². The molecule has 16 heavy (non-hydrogen) atoms. The third-order valence-corrected chi connectivity index (χ3v) is 2.96. The van der Waals surface area contributed by atoms with Gasteiger partial charge in [-0.15, -0.1) is 0 Å². The van der Waals surface area contributed by atoms with Crippen LogP contribution in [-0.4, -0.2) is 12.6 Å². The SMILES string of the molecule is CC(C)Oc1ccc(C2CCCCN2)cc1. The van der Waals surface area contributed by atoms with Crippen molar-refractivity contribution >= 4 is 0 Å². The molecule has 2 rings (SSSR count). The molecule has 1 heterocycles. The van der Waals surface area contributed by atoms with Crippen LogP contribution in [0.4, 0.5) is 0 Å². The van der Waals surface area contributed by atoms with Crippen LogP contribution in [-0.2, 0) is 0 Å². The van der Waals surface area contributed by atoms with Crippen LogP contribution in [0, 0.1) is 0 Å². The maximum Gasteiger partial charge on any atom is 0.119 e. The van der Waals surface area contributed by atoms with Gasteiger partial charge in [0, 0.05) is 6.04 Å². The van der Waals surface area contributed by atoms with E-state index in [-0.39, 0.29) is 6.10 Å². The highest BCUT2D eigenvalue weighted by Gasteiger charge is 2.14. The van der Waals surface area contributed by atoms with Crippen molar-refractivity contribution in [3.05, 3.63) is 29.8 Å². The minimum Gasteiger partial charge on any atom is -0.491 e. The Morgan fingerprint density at radius 3 is 2.50 bits per heavy atom. The van der Waals surface area contributed by atoms with E-state index in [9.17, 15) is 0 Å². The van der Waals surface area contributed by atoms with Crippen LogP contribution < -0.4 is 10.1 Å². The van der Waals surface area contributed by atoms with Crippen molar-refractivity contribution in [3.8, 4) is 5.75 Å². The van der Waals surface area contributed by atoms with Crippen LogP contribution in [0.3, 0.4) is 0 Å². The van der Waals surface area contributed by atoms with Gasteiger partial charge < -0.3 is 10.1 Å². The minimum absolute atomic E-state index is 0.249. The molecule has 1 fully saturated rings. The summed E-state index contributed by atoms with van der Waals surface area (Å²) in [6, 6.07) is 9.06. The Kier molecular flexibility index (Phi) is 3.83. The Balaban J connectivity index is 2.00. The Morgan fingerprint density at radius 1 is 1.19 bits per heavy atom. The molecule has 2 heteroatoms. The summed E-state index contributed by atoms with van der Waals surface area (Å²) in [5.74, 6) is 0.967. The first-order chi connectivity index (χ1) is 7.75. The average molecular weight is 219 g/mol. The van der Waals surface area contributed by atoms with Crippen molar-refractivity contribution in [3.63, 3.8) is 0 Å². The van der Waals surface area contributed by atoms with E-state index >= 15 is 0 Å². The van der Waals surface area contributed by atoms with E-state index in [1.54, 1.807) is 0 Å². The molecule has 1 unspecified atom stereocenters. The van der Waals surface area contributed by atoms with Crippen LogP contribution in [0.25, 0.3) is 0 Å². The van der Waals surface area contributed by atoms with E-state index in [4.69, 9.17) is 4.74 Å². The van der Waals surface area contributed by atoms with Gasteiger partial charge in [-0.2, -0.15) is 0 Å². The molecule has 0 aromatic heterocycles. The monoisotopic (exact) mass is 219 g/mol. The van der Waals surface area contributed by atoms with Gasteiger partial charge in [-0.3, -0.25) is 0 Å². The van der Waals surface area contributed by atoms with Crippen molar-refractivity contribution in [1.82, 2.24) is 5.32 Å². The van der Waals surface area contributed by atoms with Gasteiger partial charge >= 0.3 is 0 Å². The zero-order valence-corrected chi connectivity index (χ0v) is 10.2. The lowest BCUT2D eigenvalue weighted by Gasteiger charge is -2.24. The molecule has 0 aliphatic carbocycles. The first kappa shape index (κ1) is 11.5. The number of nitrogens with one attached hydrogen (secondary N) is 1. The van der Waals surface area contributed by atoms with Gasteiger partial charge in [0.2, 0.25) is 0 Å². The summed E-state index contributed by atoms with van der Waals surface area (Å²) in [6.07, 6.45) is 4.15. The molecule has 1 atom stereocenters. The lowest BCUT2D eigenvalue weighted by molar-refractivity contribution is 0.242. The molecule has 2 nitrogen and oxygen atoms in total. The summed E-state index contributed by atoms with van der Waals surface area (Å²) in [6.45, 7) is 5.25. The molecule has 0 radical (unpaired) electrons. The van der Waals surface area contributed by atoms with Gasteiger partial charge in [-0.1, -0.05) is 18.6 Å². The number of benzene rings is 1. The maximum absolute atomic E-state index is 5.64. The second-order valence-electron chi connectivity index (χ2n) is 4.74. The largest absolute Gasteiger partial charge is 0.491 e. The molecule has 0 saturated carbocycles. The van der Waals surface area contributed by atoms with Crippen molar-refractivity contribution in [2.45, 2.75) is 45.3 Å². The Hall–Kier alpha value is -1.02. The second-order valence-corrected chi connectivity index (χ2v) is 4.74. The predicted molar refractivity (Wildman–Crippen MR) is 66.8 cm³/mol. The first-order valence-corrected chi connectivity index (χ1v) is 6.26. The highest BCUT2D eigenvalue weighted by molar-refractivity contribution is 5.29. The van der Waals surface area contributed by atoms with Gasteiger partial charge in [0.15, 0.2) is 0 Å². The standard InChI is InChI=1S/C14H21NO/c1-11(2)16-13-8-6-12(7-9-13)14-5-3-4-10-15-14/h6-9,11,14-15H,3-5,10H2,1-2H3. The third kappa shape index (κ3) is 2.99. The molecule has 1 aromatic rings. The summed E-state index contributed by atoms with van der Waals surface area (Å²) in [5, 5.41) is 3.55. The van der Waals surface area contributed by atoms with Gasteiger partial charge in [-0.05, 0) is 50.9 Å². The molecule has 0 amide bonds. The average Bonchev–Trinajstić information content (AvgIpc) is 2.30. The highest BCUT2D eigenvalue weighted by atomic mass is 16.5. The summed E-state index contributed by atoms with van der Waals surface area (Å²) in [7, 11) is 0. The lowest BCUT2D eigenvalue weighted by atomic mass is 9.98. The molecular weight excluding hydrogens is 198 g/mol. The number of ether oxygens (including phenoxy) is 1. The molecule has 0 spiro atoms. The Morgan fingerprint density at radius 2 is 1.94 bits per heavy atom. The summed E-state index contributed by atoms with van der Waals surface area (Å²) >= 11 is 0. The van der Waals surface area contributed by atoms with Gasteiger partial charge in [-0.25, -0.2) is 0 Å². The Bertz CT molecular complexity index is 312. The fourth-order valence-electron chi connectivity index (χ4n) is 2.19. The molecule has 1 saturated heterocycles. The molecule has 1 aliphatic rings. The summed E-state index contributed by atoms with van der Waals surface area (Å²) < 4.78 is 5.64. The predicted octanol–water partition coefficient (Wildman–Crippen LogP) is 3.29. The second kappa shape index (κ2) is 5.35. The quantitative estimate of drug-likeness (QED) is 0.842. The number of piperidine rings is 1. The molecule has 1 aromatic carbocycles. The van der Waals surface area contributed by atoms with Gasteiger partial charge in [0.25, 0.3) is 0 Å². The molecule has 1 aliphatic heterocycles. The fourth-order valence-corrected chi connectivity index (χ4v) is 2.19. The zero-order chi connectivity index (χ0) is 11.4. The number of hydrogen-bond donors (Lipinski definition) is 1. The van der Waals surface area contributed by atoms with Crippen molar-refractivity contribution in [1.29, 1.82) is 0 Å². The van der Waals surface area contributed by atoms with E-state index in [0.29, 0.717) is 6.04 Å². The summed E-state index contributed by atoms with van der Waals surface area (Å²) in [4.78, 5) is 0. The van der Waals surface area contributed by atoms with Crippen molar-refractivity contribution < 1.29 is 4.74 Å². The van der Waals surface area contributed by atoms with E-state index in [1.807, 2.05) is 0 Å². The van der Waals surface area contributed by atoms with E-state index < -0.39 is 0 Å². The topological polar surface area (TPSA) is 21.3 Å². The van der Waals surface area contributed by atoms with E-state index in [0.717, 1.165) is 12.3 Å². The lowest BCUT2D eigenvalue weighted by Crippen LogP contribution is -2.26. The summed E-state index contributed by atoms with van der Waals surface area (Å²) in [5.41, 5.74) is 1.39. The smallest absolute Gasteiger partial charge is 0.119 e. The van der Waals surface area contributed by atoms with Crippen LogP contribution in [0.2, 0.25) is 0 Å². The van der Waals surface area contributed by atoms with Crippen molar-refractivity contribution in [2.75, 3.05) is 6.54 Å². The highest BCUT2D eigenvalue weighted by Crippen LogP contribution is 2.24. The van der Waals surface area contributed by atoms with Crippen LogP contribution >= 0.6 is 0 Å². The van der Waals surface area contributed by atoms with Crippen molar-refractivity contribution in [2.24, 2.45) is 0 Å². The molecule has 88 valence electrons. The van der Waals surface area contributed by atoms with Gasteiger partial charge in [0.1, 0.15) is 5.75 Å². The van der Waals surface area contributed by atoms with Gasteiger partial charge in [0.05, 0.1) is 6.10 Å². The fraction of sp³-hybridized carbons (Fsp3) is 0.571.